The van der Waals surface area contributed by atoms with E-state index in [1.165, 1.54) is 0 Å². The average molecular weight is 440 g/mol. The molecule has 0 saturated carbocycles. The lowest BCUT2D eigenvalue weighted by Gasteiger charge is -2.35. The number of aromatic nitrogens is 1. The van der Waals surface area contributed by atoms with Gasteiger partial charge in [0.15, 0.2) is 0 Å². The summed E-state index contributed by atoms with van der Waals surface area (Å²) in [6, 6.07) is 17.9. The monoisotopic (exact) mass is 439 g/mol. The number of carbonyl (C=O) groups is 1. The zero-order valence-electron chi connectivity index (χ0n) is 15.6. The highest BCUT2D eigenvalue weighted by Gasteiger charge is 2.22. The summed E-state index contributed by atoms with van der Waals surface area (Å²) in [6.07, 6.45) is 2.90. The standard InChI is InChI=1S/C22H22BrN3O2/c23-18-6-10-21(24-16-18)25-12-14-26(15-13-25)22(27)11-8-19-7-9-20(28-19)17-4-2-1-3-5-17/h1-7,9-10,16H,8,11-15H2. The molecule has 0 unspecified atom stereocenters. The van der Waals surface area contributed by atoms with Gasteiger partial charge in [-0.25, -0.2) is 4.98 Å². The molecule has 0 N–H and O–H groups in total. The second-order valence-electron chi connectivity index (χ2n) is 6.83. The third-order valence-corrected chi connectivity index (χ3v) is 5.44. The Labute approximate surface area is 173 Å². The molecule has 1 aliphatic rings. The number of hydrogen-bond acceptors (Lipinski definition) is 4. The van der Waals surface area contributed by atoms with Gasteiger partial charge in [0.1, 0.15) is 17.3 Å². The number of piperazine rings is 1. The smallest absolute Gasteiger partial charge is 0.223 e. The molecular weight excluding hydrogens is 418 g/mol. The molecule has 1 aliphatic heterocycles. The summed E-state index contributed by atoms with van der Waals surface area (Å²) in [6.45, 7) is 3.06. The van der Waals surface area contributed by atoms with Crippen LogP contribution in [0.1, 0.15) is 12.2 Å². The van der Waals surface area contributed by atoms with Crippen molar-refractivity contribution in [3.05, 3.63) is 71.0 Å². The molecule has 28 heavy (non-hydrogen) atoms. The van der Waals surface area contributed by atoms with E-state index in [-0.39, 0.29) is 5.91 Å². The molecule has 2 aromatic heterocycles. The van der Waals surface area contributed by atoms with Crippen LogP contribution >= 0.6 is 15.9 Å². The van der Waals surface area contributed by atoms with E-state index in [4.69, 9.17) is 4.42 Å². The van der Waals surface area contributed by atoms with Crippen molar-refractivity contribution in [2.75, 3.05) is 31.1 Å². The maximum absolute atomic E-state index is 12.6. The molecule has 3 heterocycles. The van der Waals surface area contributed by atoms with Gasteiger partial charge in [-0.3, -0.25) is 4.79 Å². The maximum atomic E-state index is 12.6. The second-order valence-corrected chi connectivity index (χ2v) is 7.75. The van der Waals surface area contributed by atoms with Crippen molar-refractivity contribution in [3.8, 4) is 11.3 Å². The molecule has 0 bridgehead atoms. The summed E-state index contributed by atoms with van der Waals surface area (Å²) < 4.78 is 6.87. The Kier molecular flexibility index (Phi) is 5.76. The number of carbonyl (C=O) groups excluding carboxylic acids is 1. The largest absolute Gasteiger partial charge is 0.461 e. The van der Waals surface area contributed by atoms with E-state index >= 15 is 0 Å². The molecule has 1 saturated heterocycles. The van der Waals surface area contributed by atoms with Gasteiger partial charge < -0.3 is 14.2 Å². The number of amides is 1. The van der Waals surface area contributed by atoms with Crippen molar-refractivity contribution >= 4 is 27.7 Å². The Morgan fingerprint density at radius 3 is 2.50 bits per heavy atom. The summed E-state index contributed by atoms with van der Waals surface area (Å²) >= 11 is 3.41. The van der Waals surface area contributed by atoms with Gasteiger partial charge in [0, 0.05) is 55.3 Å². The average Bonchev–Trinajstić information content (AvgIpc) is 3.22. The van der Waals surface area contributed by atoms with Gasteiger partial charge in [-0.15, -0.1) is 0 Å². The van der Waals surface area contributed by atoms with Crippen molar-refractivity contribution in [1.82, 2.24) is 9.88 Å². The predicted molar refractivity (Wildman–Crippen MR) is 113 cm³/mol. The van der Waals surface area contributed by atoms with Crippen molar-refractivity contribution in [2.24, 2.45) is 0 Å². The molecule has 3 aromatic rings. The number of anilines is 1. The first-order chi connectivity index (χ1) is 13.7. The second kappa shape index (κ2) is 8.61. The number of furan rings is 1. The number of benzene rings is 1. The molecule has 144 valence electrons. The number of aryl methyl sites for hydroxylation is 1. The van der Waals surface area contributed by atoms with Crippen LogP contribution in [0.2, 0.25) is 0 Å². The van der Waals surface area contributed by atoms with Crippen molar-refractivity contribution in [1.29, 1.82) is 0 Å². The highest BCUT2D eigenvalue weighted by Crippen LogP contribution is 2.23. The van der Waals surface area contributed by atoms with E-state index in [1.807, 2.05) is 59.5 Å². The first-order valence-corrected chi connectivity index (χ1v) is 10.3. The van der Waals surface area contributed by atoms with Crippen LogP contribution < -0.4 is 4.90 Å². The fourth-order valence-electron chi connectivity index (χ4n) is 3.40. The third-order valence-electron chi connectivity index (χ3n) is 4.97. The van der Waals surface area contributed by atoms with E-state index in [1.54, 1.807) is 6.20 Å². The van der Waals surface area contributed by atoms with Gasteiger partial charge in [-0.05, 0) is 40.2 Å². The highest BCUT2D eigenvalue weighted by molar-refractivity contribution is 9.10. The summed E-state index contributed by atoms with van der Waals surface area (Å²) in [5, 5.41) is 0. The number of pyridine rings is 1. The molecule has 6 heteroatoms. The van der Waals surface area contributed by atoms with Gasteiger partial charge in [0.05, 0.1) is 0 Å². The number of rotatable bonds is 5. The van der Waals surface area contributed by atoms with Gasteiger partial charge in [0.2, 0.25) is 5.91 Å². The minimum atomic E-state index is 0.182. The molecule has 1 amide bonds. The molecular formula is C22H22BrN3O2. The van der Waals surface area contributed by atoms with Gasteiger partial charge in [-0.2, -0.15) is 0 Å². The predicted octanol–water partition coefficient (Wildman–Crippen LogP) is 4.39. The lowest BCUT2D eigenvalue weighted by Crippen LogP contribution is -2.49. The van der Waals surface area contributed by atoms with Crippen LogP contribution in [-0.4, -0.2) is 42.0 Å². The zero-order chi connectivity index (χ0) is 19.3. The summed E-state index contributed by atoms with van der Waals surface area (Å²) in [4.78, 5) is 21.2. The molecule has 0 radical (unpaired) electrons. The topological polar surface area (TPSA) is 49.6 Å². The molecule has 5 nitrogen and oxygen atoms in total. The molecule has 0 aliphatic carbocycles. The van der Waals surface area contributed by atoms with Crippen LogP contribution in [0.3, 0.4) is 0 Å². The molecule has 4 rings (SSSR count). The van der Waals surface area contributed by atoms with Crippen LogP contribution in [0.25, 0.3) is 11.3 Å². The van der Waals surface area contributed by atoms with Crippen LogP contribution in [0.15, 0.2) is 69.7 Å². The fourth-order valence-corrected chi connectivity index (χ4v) is 3.63. The Morgan fingerprint density at radius 2 is 1.79 bits per heavy atom. The summed E-state index contributed by atoms with van der Waals surface area (Å²) in [5.74, 6) is 2.84. The molecule has 1 fully saturated rings. The normalized spacial score (nSPS) is 14.3. The lowest BCUT2D eigenvalue weighted by molar-refractivity contribution is -0.131. The van der Waals surface area contributed by atoms with Crippen LogP contribution in [-0.2, 0) is 11.2 Å². The van der Waals surface area contributed by atoms with E-state index in [2.05, 4.69) is 25.8 Å². The Morgan fingerprint density at radius 1 is 1.00 bits per heavy atom. The SMILES string of the molecule is O=C(CCc1ccc(-c2ccccc2)o1)N1CCN(c2ccc(Br)cn2)CC1. The highest BCUT2D eigenvalue weighted by atomic mass is 79.9. The minimum Gasteiger partial charge on any atom is -0.461 e. The Bertz CT molecular complexity index is 916. The zero-order valence-corrected chi connectivity index (χ0v) is 17.1. The number of nitrogens with zero attached hydrogens (tertiary/aromatic N) is 3. The maximum Gasteiger partial charge on any atom is 0.223 e. The number of halogens is 1. The van der Waals surface area contributed by atoms with E-state index in [0.29, 0.717) is 12.8 Å². The Hall–Kier alpha value is -2.60. The van der Waals surface area contributed by atoms with E-state index in [9.17, 15) is 4.79 Å². The molecule has 0 spiro atoms. The summed E-state index contributed by atoms with van der Waals surface area (Å²) in [7, 11) is 0. The first-order valence-electron chi connectivity index (χ1n) is 9.47. The van der Waals surface area contributed by atoms with Crippen LogP contribution in [0, 0.1) is 0 Å². The lowest BCUT2D eigenvalue weighted by atomic mass is 10.2. The van der Waals surface area contributed by atoms with Gasteiger partial charge in [0.25, 0.3) is 0 Å². The summed E-state index contributed by atoms with van der Waals surface area (Å²) in [5.41, 5.74) is 1.05. The van der Waals surface area contributed by atoms with E-state index in [0.717, 1.165) is 53.6 Å². The van der Waals surface area contributed by atoms with Gasteiger partial charge in [-0.1, -0.05) is 30.3 Å². The Balaban J connectivity index is 1.27. The molecule has 1 aromatic carbocycles. The van der Waals surface area contributed by atoms with Crippen molar-refractivity contribution in [2.45, 2.75) is 12.8 Å². The van der Waals surface area contributed by atoms with E-state index < -0.39 is 0 Å². The third kappa shape index (κ3) is 4.44. The van der Waals surface area contributed by atoms with Crippen LogP contribution in [0.5, 0.6) is 0 Å². The number of hydrogen-bond donors (Lipinski definition) is 0. The van der Waals surface area contributed by atoms with Crippen molar-refractivity contribution < 1.29 is 9.21 Å². The first kappa shape index (κ1) is 18.7. The quantitative estimate of drug-likeness (QED) is 0.591. The van der Waals surface area contributed by atoms with Gasteiger partial charge >= 0.3 is 0 Å². The minimum absolute atomic E-state index is 0.182. The molecule has 0 atom stereocenters. The fraction of sp³-hybridized carbons (Fsp3) is 0.273. The van der Waals surface area contributed by atoms with Crippen molar-refractivity contribution in [3.63, 3.8) is 0 Å². The van der Waals surface area contributed by atoms with Crippen LogP contribution in [0.4, 0.5) is 5.82 Å².